The standard InChI is InChI=1S/C14H10Br2N2O/c15-12-5-11(18)6-13(16)14(12)19-8-10-4-2-1-3-9(10)7-17/h1-6H,8,18H2. The molecule has 0 heterocycles. The molecule has 0 aromatic heterocycles. The Morgan fingerprint density at radius 3 is 2.42 bits per heavy atom. The zero-order chi connectivity index (χ0) is 13.8. The number of nitrogen functional groups attached to an aromatic ring is 1. The van der Waals surface area contributed by atoms with Crippen molar-refractivity contribution in [3.05, 3.63) is 56.5 Å². The highest BCUT2D eigenvalue weighted by Gasteiger charge is 2.09. The number of rotatable bonds is 3. The first-order valence-electron chi connectivity index (χ1n) is 5.47. The molecular formula is C14H10Br2N2O. The van der Waals surface area contributed by atoms with E-state index in [0.717, 1.165) is 14.5 Å². The van der Waals surface area contributed by atoms with Crippen molar-refractivity contribution in [2.45, 2.75) is 6.61 Å². The first-order chi connectivity index (χ1) is 9.11. The monoisotopic (exact) mass is 380 g/mol. The van der Waals surface area contributed by atoms with Gasteiger partial charge in [-0.25, -0.2) is 0 Å². The van der Waals surface area contributed by atoms with Crippen LogP contribution in [0.5, 0.6) is 5.75 Å². The molecule has 2 rings (SSSR count). The topological polar surface area (TPSA) is 59.0 Å². The summed E-state index contributed by atoms with van der Waals surface area (Å²) in [6.45, 7) is 0.324. The quantitative estimate of drug-likeness (QED) is 0.808. The van der Waals surface area contributed by atoms with Crippen LogP contribution in [0.25, 0.3) is 0 Å². The van der Waals surface area contributed by atoms with Crippen LogP contribution in [0.15, 0.2) is 45.3 Å². The molecule has 3 nitrogen and oxygen atoms in total. The third-order valence-corrected chi connectivity index (χ3v) is 3.71. The summed E-state index contributed by atoms with van der Waals surface area (Å²) in [5.41, 5.74) is 7.83. The van der Waals surface area contributed by atoms with Gasteiger partial charge in [-0.2, -0.15) is 5.26 Å². The van der Waals surface area contributed by atoms with E-state index >= 15 is 0 Å². The van der Waals surface area contributed by atoms with E-state index in [9.17, 15) is 0 Å². The van der Waals surface area contributed by atoms with Crippen LogP contribution in [-0.4, -0.2) is 0 Å². The van der Waals surface area contributed by atoms with Crippen molar-refractivity contribution >= 4 is 37.5 Å². The summed E-state index contributed by atoms with van der Waals surface area (Å²) >= 11 is 6.81. The average molecular weight is 382 g/mol. The second kappa shape index (κ2) is 6.09. The van der Waals surface area contributed by atoms with Crippen molar-refractivity contribution in [1.29, 1.82) is 5.26 Å². The Balaban J connectivity index is 2.22. The fourth-order valence-electron chi connectivity index (χ4n) is 1.62. The molecule has 19 heavy (non-hydrogen) atoms. The summed E-state index contributed by atoms with van der Waals surface area (Å²) in [5, 5.41) is 9.02. The van der Waals surface area contributed by atoms with Crippen molar-refractivity contribution in [1.82, 2.24) is 0 Å². The van der Waals surface area contributed by atoms with E-state index in [1.165, 1.54) is 0 Å². The smallest absolute Gasteiger partial charge is 0.148 e. The number of anilines is 1. The van der Waals surface area contributed by atoms with E-state index in [1.54, 1.807) is 18.2 Å². The normalized spacial score (nSPS) is 9.95. The number of nitrogens with zero attached hydrogens (tertiary/aromatic N) is 1. The van der Waals surface area contributed by atoms with Gasteiger partial charge in [0.15, 0.2) is 0 Å². The predicted octanol–water partition coefficient (Wildman–Crippen LogP) is 4.24. The van der Waals surface area contributed by atoms with Crippen LogP contribution in [0.4, 0.5) is 5.69 Å². The predicted molar refractivity (Wildman–Crippen MR) is 81.7 cm³/mol. The molecule has 0 bridgehead atoms. The Labute approximate surface area is 128 Å². The maximum atomic E-state index is 9.02. The van der Waals surface area contributed by atoms with Crippen LogP contribution in [0.2, 0.25) is 0 Å². The van der Waals surface area contributed by atoms with Crippen molar-refractivity contribution in [3.63, 3.8) is 0 Å². The van der Waals surface area contributed by atoms with Gasteiger partial charge in [-0.05, 0) is 50.1 Å². The van der Waals surface area contributed by atoms with Gasteiger partial charge in [-0.3, -0.25) is 0 Å². The summed E-state index contributed by atoms with van der Waals surface area (Å²) in [7, 11) is 0. The number of nitrogens with two attached hydrogens (primary N) is 1. The van der Waals surface area contributed by atoms with E-state index in [1.807, 2.05) is 18.2 Å². The van der Waals surface area contributed by atoms with Crippen LogP contribution in [-0.2, 0) is 6.61 Å². The molecule has 96 valence electrons. The number of halogens is 2. The minimum absolute atomic E-state index is 0.324. The lowest BCUT2D eigenvalue weighted by atomic mass is 10.1. The van der Waals surface area contributed by atoms with E-state index < -0.39 is 0 Å². The Hall–Kier alpha value is -1.51. The van der Waals surface area contributed by atoms with Crippen LogP contribution >= 0.6 is 31.9 Å². The lowest BCUT2D eigenvalue weighted by molar-refractivity contribution is 0.302. The van der Waals surface area contributed by atoms with Crippen molar-refractivity contribution in [3.8, 4) is 11.8 Å². The molecule has 0 aliphatic heterocycles. The fraction of sp³-hybridized carbons (Fsp3) is 0.0714. The molecule has 2 N–H and O–H groups in total. The third-order valence-electron chi connectivity index (χ3n) is 2.53. The molecule has 0 saturated carbocycles. The molecule has 0 spiro atoms. The van der Waals surface area contributed by atoms with E-state index in [-0.39, 0.29) is 0 Å². The number of hydrogen-bond acceptors (Lipinski definition) is 3. The van der Waals surface area contributed by atoms with Gasteiger partial charge in [0.2, 0.25) is 0 Å². The molecule has 0 saturated heterocycles. The second-order valence-corrected chi connectivity index (χ2v) is 5.58. The van der Waals surface area contributed by atoms with Crippen LogP contribution in [0.1, 0.15) is 11.1 Å². The zero-order valence-corrected chi connectivity index (χ0v) is 13.0. The van der Waals surface area contributed by atoms with Gasteiger partial charge in [0.25, 0.3) is 0 Å². The number of benzene rings is 2. The van der Waals surface area contributed by atoms with E-state index in [2.05, 4.69) is 37.9 Å². The highest BCUT2D eigenvalue weighted by atomic mass is 79.9. The molecule has 0 amide bonds. The van der Waals surface area contributed by atoms with Gasteiger partial charge < -0.3 is 10.5 Å². The molecule has 0 radical (unpaired) electrons. The first kappa shape index (κ1) is 13.9. The lowest BCUT2D eigenvalue weighted by Gasteiger charge is -2.11. The third kappa shape index (κ3) is 3.28. The van der Waals surface area contributed by atoms with Gasteiger partial charge in [0.1, 0.15) is 12.4 Å². The summed E-state index contributed by atoms with van der Waals surface area (Å²) in [4.78, 5) is 0. The Morgan fingerprint density at radius 1 is 1.16 bits per heavy atom. The average Bonchev–Trinajstić information content (AvgIpc) is 2.38. The molecule has 0 unspecified atom stereocenters. The van der Waals surface area contributed by atoms with Crippen LogP contribution in [0.3, 0.4) is 0 Å². The van der Waals surface area contributed by atoms with Crippen molar-refractivity contribution in [2.75, 3.05) is 5.73 Å². The number of hydrogen-bond donors (Lipinski definition) is 1. The summed E-state index contributed by atoms with van der Waals surface area (Å²) in [6, 6.07) is 13.0. The Kier molecular flexibility index (Phi) is 4.46. The van der Waals surface area contributed by atoms with E-state index in [0.29, 0.717) is 23.6 Å². The summed E-state index contributed by atoms with van der Waals surface area (Å²) in [5.74, 6) is 0.668. The first-order valence-corrected chi connectivity index (χ1v) is 7.05. The minimum atomic E-state index is 0.324. The molecule has 2 aromatic carbocycles. The highest BCUT2D eigenvalue weighted by Crippen LogP contribution is 2.36. The Bertz CT molecular complexity index is 627. The SMILES string of the molecule is N#Cc1ccccc1COc1c(Br)cc(N)cc1Br. The maximum absolute atomic E-state index is 9.02. The lowest BCUT2D eigenvalue weighted by Crippen LogP contribution is -2.00. The van der Waals surface area contributed by atoms with Gasteiger partial charge in [-0.15, -0.1) is 0 Å². The molecule has 0 aliphatic carbocycles. The van der Waals surface area contributed by atoms with Gasteiger partial charge in [0.05, 0.1) is 20.6 Å². The van der Waals surface area contributed by atoms with Gasteiger partial charge in [-0.1, -0.05) is 18.2 Å². The molecule has 0 fully saturated rings. The van der Waals surface area contributed by atoms with Gasteiger partial charge >= 0.3 is 0 Å². The van der Waals surface area contributed by atoms with Crippen molar-refractivity contribution in [2.24, 2.45) is 0 Å². The van der Waals surface area contributed by atoms with E-state index in [4.69, 9.17) is 15.7 Å². The minimum Gasteiger partial charge on any atom is -0.486 e. The zero-order valence-electron chi connectivity index (χ0n) is 9.86. The summed E-state index contributed by atoms with van der Waals surface area (Å²) < 4.78 is 7.29. The number of ether oxygens (including phenoxy) is 1. The molecule has 0 aliphatic rings. The fourth-order valence-corrected chi connectivity index (χ4v) is 3.07. The van der Waals surface area contributed by atoms with Gasteiger partial charge in [0, 0.05) is 11.3 Å². The maximum Gasteiger partial charge on any atom is 0.148 e. The molecule has 5 heteroatoms. The molecule has 2 aromatic rings. The molecule has 0 atom stereocenters. The Morgan fingerprint density at radius 2 is 1.79 bits per heavy atom. The van der Waals surface area contributed by atoms with Crippen LogP contribution < -0.4 is 10.5 Å². The largest absolute Gasteiger partial charge is 0.486 e. The highest BCUT2D eigenvalue weighted by molar-refractivity contribution is 9.11. The van der Waals surface area contributed by atoms with Crippen molar-refractivity contribution < 1.29 is 4.74 Å². The number of nitriles is 1. The van der Waals surface area contributed by atoms with Crippen LogP contribution in [0, 0.1) is 11.3 Å². The molecular weight excluding hydrogens is 372 g/mol. The second-order valence-electron chi connectivity index (χ2n) is 3.87. The summed E-state index contributed by atoms with van der Waals surface area (Å²) in [6.07, 6.45) is 0.